The summed E-state index contributed by atoms with van der Waals surface area (Å²) in [5, 5.41) is 12.3. The summed E-state index contributed by atoms with van der Waals surface area (Å²) in [5.41, 5.74) is 3.37. The number of nitro groups is 1. The van der Waals surface area contributed by atoms with Gasteiger partial charge in [0.15, 0.2) is 0 Å². The van der Waals surface area contributed by atoms with Gasteiger partial charge < -0.3 is 4.98 Å². The third-order valence-corrected chi connectivity index (χ3v) is 5.85. The van der Waals surface area contributed by atoms with Crippen LogP contribution in [0.2, 0.25) is 0 Å². The van der Waals surface area contributed by atoms with E-state index in [1.807, 2.05) is 54.6 Å². The second-order valence-corrected chi connectivity index (χ2v) is 8.25. The van der Waals surface area contributed by atoms with Gasteiger partial charge in [-0.3, -0.25) is 10.1 Å². The van der Waals surface area contributed by atoms with Crippen molar-refractivity contribution < 1.29 is 17.2 Å². The van der Waals surface area contributed by atoms with Crippen LogP contribution in [0, 0.1) is 10.1 Å². The van der Waals surface area contributed by atoms with E-state index in [0.717, 1.165) is 22.5 Å². The fourth-order valence-corrected chi connectivity index (χ4v) is 4.27. The molecule has 0 spiro atoms. The molecule has 152 valence electrons. The normalized spacial score (nSPS) is 12.7. The van der Waals surface area contributed by atoms with E-state index >= 15 is 0 Å². The molecule has 4 rings (SSSR count). The third kappa shape index (κ3) is 3.81. The van der Waals surface area contributed by atoms with Crippen LogP contribution < -0.4 is 0 Å². The van der Waals surface area contributed by atoms with Crippen molar-refractivity contribution in [3.63, 3.8) is 0 Å². The molecule has 4 aromatic rings. The van der Waals surface area contributed by atoms with E-state index < -0.39 is 32.5 Å². The van der Waals surface area contributed by atoms with Crippen LogP contribution in [0.5, 0.6) is 0 Å². The maximum absolute atomic E-state index is 13.6. The SMILES string of the molecule is O=[N+]([O-])CC(c1cccc(S(=O)(=O)F)c1)c1c(-c2ccccc2)[nH]c2ccccc12. The Balaban J connectivity index is 2.00. The molecule has 0 saturated carbocycles. The fraction of sp³-hybridized carbons (Fsp3) is 0.0909. The lowest BCUT2D eigenvalue weighted by Gasteiger charge is -2.16. The number of benzene rings is 3. The van der Waals surface area contributed by atoms with Crippen LogP contribution >= 0.6 is 0 Å². The first kappa shape index (κ1) is 19.8. The lowest BCUT2D eigenvalue weighted by atomic mass is 9.87. The van der Waals surface area contributed by atoms with Crippen LogP contribution in [0.4, 0.5) is 3.89 Å². The summed E-state index contributed by atoms with van der Waals surface area (Å²) < 4.78 is 36.4. The molecule has 0 saturated heterocycles. The molecule has 6 nitrogen and oxygen atoms in total. The minimum atomic E-state index is -4.94. The summed E-state index contributed by atoms with van der Waals surface area (Å²) in [6.07, 6.45) is 0. The molecular weight excluding hydrogens is 407 g/mol. The lowest BCUT2D eigenvalue weighted by molar-refractivity contribution is -0.481. The molecule has 0 aliphatic carbocycles. The van der Waals surface area contributed by atoms with Gasteiger partial charge >= 0.3 is 10.2 Å². The Kier molecular flexibility index (Phi) is 5.09. The zero-order valence-electron chi connectivity index (χ0n) is 15.7. The van der Waals surface area contributed by atoms with E-state index in [-0.39, 0.29) is 0 Å². The molecule has 1 atom stereocenters. The van der Waals surface area contributed by atoms with Gasteiger partial charge in [0, 0.05) is 15.8 Å². The minimum Gasteiger partial charge on any atom is -0.354 e. The zero-order valence-corrected chi connectivity index (χ0v) is 16.5. The molecule has 0 amide bonds. The lowest BCUT2D eigenvalue weighted by Crippen LogP contribution is -2.15. The van der Waals surface area contributed by atoms with E-state index in [4.69, 9.17) is 0 Å². The number of para-hydroxylation sites is 1. The summed E-state index contributed by atoms with van der Waals surface area (Å²) in [5.74, 6) is -0.784. The average molecular weight is 424 g/mol. The highest BCUT2D eigenvalue weighted by atomic mass is 32.3. The number of aromatic amines is 1. The molecule has 3 aromatic carbocycles. The third-order valence-electron chi connectivity index (χ3n) is 5.03. The number of hydrogen-bond acceptors (Lipinski definition) is 4. The van der Waals surface area contributed by atoms with E-state index in [0.29, 0.717) is 16.8 Å². The Hall–Kier alpha value is -3.52. The van der Waals surface area contributed by atoms with Gasteiger partial charge in [-0.15, -0.1) is 3.89 Å². The van der Waals surface area contributed by atoms with Gasteiger partial charge in [0.2, 0.25) is 6.54 Å². The Morgan fingerprint density at radius 3 is 2.37 bits per heavy atom. The topological polar surface area (TPSA) is 93.1 Å². The van der Waals surface area contributed by atoms with Gasteiger partial charge in [-0.2, -0.15) is 8.42 Å². The number of rotatable bonds is 6. The molecule has 1 unspecified atom stereocenters. The second kappa shape index (κ2) is 7.72. The summed E-state index contributed by atoms with van der Waals surface area (Å²) >= 11 is 0. The number of nitrogens with one attached hydrogen (secondary N) is 1. The Labute approximate surface area is 172 Å². The Bertz CT molecular complexity index is 1330. The van der Waals surface area contributed by atoms with Crippen LogP contribution in [0.15, 0.2) is 83.8 Å². The molecule has 0 bridgehead atoms. The van der Waals surface area contributed by atoms with Crippen LogP contribution in [0.1, 0.15) is 17.0 Å². The van der Waals surface area contributed by atoms with E-state index in [1.54, 1.807) is 6.07 Å². The fourth-order valence-electron chi connectivity index (χ4n) is 3.75. The summed E-state index contributed by atoms with van der Waals surface area (Å²) in [6.45, 7) is -0.475. The number of aromatic nitrogens is 1. The van der Waals surface area contributed by atoms with Crippen molar-refractivity contribution in [1.82, 2.24) is 4.98 Å². The number of nitrogens with zero attached hydrogens (tertiary/aromatic N) is 1. The molecule has 1 heterocycles. The van der Waals surface area contributed by atoms with Crippen LogP contribution in [0.3, 0.4) is 0 Å². The minimum absolute atomic E-state index is 0.354. The highest BCUT2D eigenvalue weighted by Crippen LogP contribution is 2.39. The molecule has 8 heteroatoms. The number of fused-ring (bicyclic) bond motifs is 1. The predicted molar refractivity (Wildman–Crippen MR) is 112 cm³/mol. The molecule has 30 heavy (non-hydrogen) atoms. The van der Waals surface area contributed by atoms with Crippen molar-refractivity contribution >= 4 is 21.1 Å². The first-order valence-electron chi connectivity index (χ1n) is 9.17. The monoisotopic (exact) mass is 424 g/mol. The first-order chi connectivity index (χ1) is 14.3. The quantitative estimate of drug-likeness (QED) is 0.271. The first-order valence-corrected chi connectivity index (χ1v) is 10.6. The molecule has 0 fully saturated rings. The number of halogens is 1. The highest BCUT2D eigenvalue weighted by Gasteiger charge is 2.28. The van der Waals surface area contributed by atoms with Crippen molar-refractivity contribution in [2.75, 3.05) is 6.54 Å². The van der Waals surface area contributed by atoms with Gasteiger partial charge in [-0.05, 0) is 34.9 Å². The highest BCUT2D eigenvalue weighted by molar-refractivity contribution is 7.86. The number of hydrogen-bond donors (Lipinski definition) is 1. The maximum atomic E-state index is 13.6. The predicted octanol–water partition coefficient (Wildman–Crippen LogP) is 4.90. The summed E-state index contributed by atoms with van der Waals surface area (Å²) in [6, 6.07) is 22.1. The maximum Gasteiger partial charge on any atom is 0.332 e. The molecule has 0 aliphatic rings. The van der Waals surface area contributed by atoms with Gasteiger partial charge in [-0.1, -0.05) is 60.7 Å². The molecule has 1 N–H and O–H groups in total. The van der Waals surface area contributed by atoms with E-state index in [9.17, 15) is 22.4 Å². The summed E-state index contributed by atoms with van der Waals surface area (Å²) in [7, 11) is -4.94. The molecule has 1 aromatic heterocycles. The molecular formula is C22H17FN2O4S. The second-order valence-electron chi connectivity index (χ2n) is 6.90. The average Bonchev–Trinajstić information content (AvgIpc) is 3.11. The van der Waals surface area contributed by atoms with Gasteiger partial charge in [0.05, 0.1) is 16.5 Å². The Morgan fingerprint density at radius 2 is 1.67 bits per heavy atom. The summed E-state index contributed by atoms with van der Waals surface area (Å²) in [4.78, 5) is 13.9. The van der Waals surface area contributed by atoms with E-state index in [1.165, 1.54) is 12.1 Å². The van der Waals surface area contributed by atoms with Gasteiger partial charge in [0.1, 0.15) is 0 Å². The zero-order chi connectivity index (χ0) is 21.3. The van der Waals surface area contributed by atoms with E-state index in [2.05, 4.69) is 4.98 Å². The van der Waals surface area contributed by atoms with Crippen molar-refractivity contribution in [2.45, 2.75) is 10.8 Å². The van der Waals surface area contributed by atoms with Crippen LogP contribution in [0.25, 0.3) is 22.2 Å². The number of H-pyrrole nitrogens is 1. The Morgan fingerprint density at radius 1 is 0.967 bits per heavy atom. The molecule has 0 radical (unpaired) electrons. The van der Waals surface area contributed by atoms with Gasteiger partial charge in [-0.25, -0.2) is 0 Å². The molecule has 0 aliphatic heterocycles. The smallest absolute Gasteiger partial charge is 0.332 e. The largest absolute Gasteiger partial charge is 0.354 e. The van der Waals surface area contributed by atoms with Gasteiger partial charge in [0.25, 0.3) is 0 Å². The van der Waals surface area contributed by atoms with Crippen molar-refractivity contribution in [3.05, 3.63) is 100 Å². The van der Waals surface area contributed by atoms with Crippen molar-refractivity contribution in [2.24, 2.45) is 0 Å². The van der Waals surface area contributed by atoms with Crippen molar-refractivity contribution in [1.29, 1.82) is 0 Å². The van der Waals surface area contributed by atoms with Crippen LogP contribution in [-0.4, -0.2) is 24.9 Å². The van der Waals surface area contributed by atoms with Crippen molar-refractivity contribution in [3.8, 4) is 11.3 Å². The van der Waals surface area contributed by atoms with Crippen LogP contribution in [-0.2, 0) is 10.2 Å². The standard InChI is InChI=1S/C22H17FN2O4S/c23-30(28,29)17-10-6-9-16(13-17)19(14-25(26)27)21-18-11-4-5-12-20(18)24-22(21)15-7-2-1-3-8-15/h1-13,19,24H,14H2.